The SMILES string of the molecule is Cc1nc2c(s1)C(c1ccc(N(C)C)cc1)NCC2. The van der Waals surface area contributed by atoms with Gasteiger partial charge in [-0.3, -0.25) is 0 Å². The summed E-state index contributed by atoms with van der Waals surface area (Å²) in [6.45, 7) is 3.10. The van der Waals surface area contributed by atoms with E-state index in [1.54, 1.807) is 0 Å². The van der Waals surface area contributed by atoms with Crippen LogP contribution in [0.25, 0.3) is 0 Å². The zero-order valence-corrected chi connectivity index (χ0v) is 12.4. The van der Waals surface area contributed by atoms with Crippen molar-refractivity contribution in [1.29, 1.82) is 0 Å². The van der Waals surface area contributed by atoms with Crippen LogP contribution in [-0.2, 0) is 6.42 Å². The lowest BCUT2D eigenvalue weighted by Crippen LogP contribution is -2.29. The summed E-state index contributed by atoms with van der Waals surface area (Å²) >= 11 is 1.82. The molecule has 1 unspecified atom stereocenters. The van der Waals surface area contributed by atoms with Crippen LogP contribution in [-0.4, -0.2) is 25.6 Å². The Bertz CT molecular complexity index is 572. The Labute approximate surface area is 118 Å². The molecule has 0 saturated carbocycles. The zero-order chi connectivity index (χ0) is 13.4. The van der Waals surface area contributed by atoms with Crippen molar-refractivity contribution >= 4 is 17.0 Å². The zero-order valence-electron chi connectivity index (χ0n) is 11.6. The monoisotopic (exact) mass is 273 g/mol. The molecule has 2 aromatic rings. The van der Waals surface area contributed by atoms with Gasteiger partial charge in [0.2, 0.25) is 0 Å². The first-order valence-electron chi connectivity index (χ1n) is 6.62. The number of thiazole rings is 1. The average molecular weight is 273 g/mol. The smallest absolute Gasteiger partial charge is 0.0900 e. The van der Waals surface area contributed by atoms with E-state index in [1.165, 1.54) is 26.8 Å². The van der Waals surface area contributed by atoms with Crippen LogP contribution in [0.4, 0.5) is 5.69 Å². The van der Waals surface area contributed by atoms with Crippen LogP contribution >= 0.6 is 11.3 Å². The van der Waals surface area contributed by atoms with Gasteiger partial charge in [0.15, 0.2) is 0 Å². The van der Waals surface area contributed by atoms with Crippen molar-refractivity contribution in [2.24, 2.45) is 0 Å². The van der Waals surface area contributed by atoms with Crippen LogP contribution in [0.5, 0.6) is 0 Å². The summed E-state index contributed by atoms with van der Waals surface area (Å²) in [6.07, 6.45) is 1.05. The minimum atomic E-state index is 0.311. The van der Waals surface area contributed by atoms with Crippen molar-refractivity contribution in [1.82, 2.24) is 10.3 Å². The molecule has 0 amide bonds. The first-order chi connectivity index (χ1) is 9.15. The normalized spacial score (nSPS) is 18.2. The van der Waals surface area contributed by atoms with E-state index in [0.717, 1.165) is 13.0 Å². The lowest BCUT2D eigenvalue weighted by Gasteiger charge is -2.24. The van der Waals surface area contributed by atoms with E-state index in [9.17, 15) is 0 Å². The quantitative estimate of drug-likeness (QED) is 0.912. The number of aryl methyl sites for hydroxylation is 1. The van der Waals surface area contributed by atoms with Gasteiger partial charge < -0.3 is 10.2 Å². The van der Waals surface area contributed by atoms with E-state index in [2.05, 4.69) is 60.5 Å². The number of anilines is 1. The molecule has 1 aromatic heterocycles. The van der Waals surface area contributed by atoms with Gasteiger partial charge in [0, 0.05) is 37.6 Å². The molecule has 3 rings (SSSR count). The van der Waals surface area contributed by atoms with Crippen molar-refractivity contribution in [2.75, 3.05) is 25.5 Å². The van der Waals surface area contributed by atoms with E-state index < -0.39 is 0 Å². The third-order valence-electron chi connectivity index (χ3n) is 3.55. The number of nitrogens with one attached hydrogen (secondary N) is 1. The predicted octanol–water partition coefficient (Wildman–Crippen LogP) is 2.75. The summed E-state index contributed by atoms with van der Waals surface area (Å²) in [5.41, 5.74) is 3.85. The molecule has 4 heteroatoms. The number of hydrogen-bond donors (Lipinski definition) is 1. The first kappa shape index (κ1) is 12.6. The largest absolute Gasteiger partial charge is 0.378 e. The topological polar surface area (TPSA) is 28.2 Å². The lowest BCUT2D eigenvalue weighted by molar-refractivity contribution is 0.570. The van der Waals surface area contributed by atoms with E-state index in [4.69, 9.17) is 0 Å². The van der Waals surface area contributed by atoms with Gasteiger partial charge in [-0.05, 0) is 24.6 Å². The molecule has 1 aliphatic rings. The van der Waals surface area contributed by atoms with E-state index in [-0.39, 0.29) is 0 Å². The van der Waals surface area contributed by atoms with Crippen LogP contribution in [0.2, 0.25) is 0 Å². The van der Waals surface area contributed by atoms with Crippen molar-refractivity contribution in [2.45, 2.75) is 19.4 Å². The molecule has 0 spiro atoms. The fourth-order valence-corrected chi connectivity index (χ4v) is 3.63. The molecule has 1 N–H and O–H groups in total. The first-order valence-corrected chi connectivity index (χ1v) is 7.43. The Morgan fingerprint density at radius 2 is 2.00 bits per heavy atom. The highest BCUT2D eigenvalue weighted by atomic mass is 32.1. The second kappa shape index (κ2) is 4.94. The number of hydrogen-bond acceptors (Lipinski definition) is 4. The van der Waals surface area contributed by atoms with E-state index in [0.29, 0.717) is 6.04 Å². The van der Waals surface area contributed by atoms with Crippen LogP contribution < -0.4 is 10.2 Å². The molecular formula is C15H19N3S. The highest BCUT2D eigenvalue weighted by molar-refractivity contribution is 7.11. The summed E-state index contributed by atoms with van der Waals surface area (Å²) in [7, 11) is 4.14. The Balaban J connectivity index is 1.94. The number of benzene rings is 1. The number of nitrogens with zero attached hydrogens (tertiary/aromatic N) is 2. The van der Waals surface area contributed by atoms with Gasteiger partial charge in [-0.15, -0.1) is 11.3 Å². The second-order valence-electron chi connectivity index (χ2n) is 5.17. The van der Waals surface area contributed by atoms with Crippen LogP contribution in [0, 0.1) is 6.92 Å². The molecule has 0 fully saturated rings. The summed E-state index contributed by atoms with van der Waals surface area (Å²) in [5, 5.41) is 4.78. The number of aromatic nitrogens is 1. The third kappa shape index (κ3) is 2.38. The number of rotatable bonds is 2. The lowest BCUT2D eigenvalue weighted by atomic mass is 10.00. The minimum absolute atomic E-state index is 0.311. The summed E-state index contributed by atoms with van der Waals surface area (Å²) in [4.78, 5) is 8.16. The molecule has 0 saturated heterocycles. The highest BCUT2D eigenvalue weighted by Gasteiger charge is 2.24. The summed E-state index contributed by atoms with van der Waals surface area (Å²) in [5.74, 6) is 0. The van der Waals surface area contributed by atoms with Crippen molar-refractivity contribution in [3.05, 3.63) is 45.4 Å². The Morgan fingerprint density at radius 1 is 1.26 bits per heavy atom. The molecule has 2 heterocycles. The fourth-order valence-electron chi connectivity index (χ4n) is 2.55. The van der Waals surface area contributed by atoms with Gasteiger partial charge in [-0.1, -0.05) is 12.1 Å². The van der Waals surface area contributed by atoms with Crippen LogP contribution in [0.15, 0.2) is 24.3 Å². The molecular weight excluding hydrogens is 254 g/mol. The summed E-state index contributed by atoms with van der Waals surface area (Å²) in [6, 6.07) is 9.11. The Kier molecular flexibility index (Phi) is 3.29. The molecule has 100 valence electrons. The van der Waals surface area contributed by atoms with Gasteiger partial charge in [0.05, 0.1) is 16.7 Å². The van der Waals surface area contributed by atoms with E-state index in [1.807, 2.05) is 11.3 Å². The molecule has 3 nitrogen and oxygen atoms in total. The Morgan fingerprint density at radius 3 is 2.68 bits per heavy atom. The van der Waals surface area contributed by atoms with Gasteiger partial charge in [-0.25, -0.2) is 4.98 Å². The van der Waals surface area contributed by atoms with Gasteiger partial charge >= 0.3 is 0 Å². The molecule has 0 aliphatic carbocycles. The standard InChI is InChI=1S/C15H19N3S/c1-10-17-13-8-9-16-14(15(13)19-10)11-4-6-12(7-5-11)18(2)3/h4-7,14,16H,8-9H2,1-3H3. The van der Waals surface area contributed by atoms with Crippen LogP contribution in [0.3, 0.4) is 0 Å². The molecule has 0 radical (unpaired) electrons. The second-order valence-corrected chi connectivity index (χ2v) is 6.40. The molecule has 0 bridgehead atoms. The maximum atomic E-state index is 4.64. The van der Waals surface area contributed by atoms with Crippen molar-refractivity contribution in [3.8, 4) is 0 Å². The minimum Gasteiger partial charge on any atom is -0.378 e. The maximum Gasteiger partial charge on any atom is 0.0900 e. The maximum absolute atomic E-state index is 4.64. The number of fused-ring (bicyclic) bond motifs is 1. The van der Waals surface area contributed by atoms with Gasteiger partial charge in [0.25, 0.3) is 0 Å². The molecule has 1 aromatic carbocycles. The third-order valence-corrected chi connectivity index (χ3v) is 4.63. The summed E-state index contributed by atoms with van der Waals surface area (Å²) < 4.78 is 0. The van der Waals surface area contributed by atoms with Crippen molar-refractivity contribution in [3.63, 3.8) is 0 Å². The predicted molar refractivity (Wildman–Crippen MR) is 81.2 cm³/mol. The van der Waals surface area contributed by atoms with Crippen molar-refractivity contribution < 1.29 is 0 Å². The average Bonchev–Trinajstić information content (AvgIpc) is 2.78. The fraction of sp³-hybridized carbons (Fsp3) is 0.400. The highest BCUT2D eigenvalue weighted by Crippen LogP contribution is 2.33. The van der Waals surface area contributed by atoms with Gasteiger partial charge in [0.1, 0.15) is 0 Å². The van der Waals surface area contributed by atoms with E-state index >= 15 is 0 Å². The molecule has 1 aliphatic heterocycles. The molecule has 19 heavy (non-hydrogen) atoms. The van der Waals surface area contributed by atoms with Crippen LogP contribution in [0.1, 0.15) is 27.2 Å². The molecule has 1 atom stereocenters. The Hall–Kier alpha value is -1.39. The van der Waals surface area contributed by atoms with Gasteiger partial charge in [-0.2, -0.15) is 0 Å².